The zero-order chi connectivity index (χ0) is 13.4. The van der Waals surface area contributed by atoms with Gasteiger partial charge in [-0.25, -0.2) is 0 Å². The number of carbonyl (C=O) groups excluding carboxylic acids is 1. The molecule has 0 saturated heterocycles. The van der Waals surface area contributed by atoms with Gasteiger partial charge < -0.3 is 20.4 Å². The van der Waals surface area contributed by atoms with E-state index in [0.717, 1.165) is 0 Å². The highest BCUT2D eigenvalue weighted by atomic mass is 16.4. The van der Waals surface area contributed by atoms with E-state index in [0.29, 0.717) is 6.42 Å². The molecule has 0 fully saturated rings. The van der Waals surface area contributed by atoms with Crippen LogP contribution in [0, 0.1) is 0 Å². The fourth-order valence-corrected chi connectivity index (χ4v) is 1.19. The van der Waals surface area contributed by atoms with Crippen molar-refractivity contribution in [1.82, 2.24) is 0 Å². The van der Waals surface area contributed by atoms with Crippen molar-refractivity contribution in [2.75, 3.05) is 0 Å². The third kappa shape index (κ3) is 7.35. The van der Waals surface area contributed by atoms with E-state index >= 15 is 0 Å². The molecule has 0 saturated carbocycles. The van der Waals surface area contributed by atoms with Crippen molar-refractivity contribution >= 4 is 11.8 Å². The van der Waals surface area contributed by atoms with Gasteiger partial charge in [0.2, 0.25) is 0 Å². The number of aliphatic carboxylic acids is 1. The molecule has 0 amide bonds. The molecule has 0 radical (unpaired) electrons. The van der Waals surface area contributed by atoms with Gasteiger partial charge in [-0.2, -0.15) is 0 Å². The Morgan fingerprint density at radius 1 is 1.00 bits per heavy atom. The van der Waals surface area contributed by atoms with Crippen LogP contribution in [-0.2, 0) is 9.59 Å². The summed E-state index contributed by atoms with van der Waals surface area (Å²) >= 11 is 0. The highest BCUT2D eigenvalue weighted by molar-refractivity contribution is 5.78. The lowest BCUT2D eigenvalue weighted by molar-refractivity contribution is -0.139. The molecular formula is C11H18O6. The molecule has 0 aliphatic carbocycles. The van der Waals surface area contributed by atoms with Gasteiger partial charge in [0.05, 0.1) is 12.5 Å². The quantitative estimate of drug-likeness (QED) is 0.480. The largest absolute Gasteiger partial charge is 0.509 e. The van der Waals surface area contributed by atoms with Gasteiger partial charge in [-0.1, -0.05) is 6.92 Å². The van der Waals surface area contributed by atoms with E-state index in [2.05, 4.69) is 0 Å². The summed E-state index contributed by atoms with van der Waals surface area (Å²) in [5.41, 5.74) is 0. The van der Waals surface area contributed by atoms with Crippen molar-refractivity contribution in [3.8, 4) is 0 Å². The highest BCUT2D eigenvalue weighted by Gasteiger charge is 2.14. The van der Waals surface area contributed by atoms with Crippen molar-refractivity contribution in [1.29, 1.82) is 0 Å². The van der Waals surface area contributed by atoms with Crippen molar-refractivity contribution in [2.24, 2.45) is 0 Å². The van der Waals surface area contributed by atoms with Crippen molar-refractivity contribution in [2.45, 2.75) is 45.1 Å². The SMILES string of the molecule is CCC(=O)CC/C(O)=C(/O)C[C@H](O)CC(=O)O. The number of allylic oxidation sites excluding steroid dienone is 1. The molecule has 0 unspecified atom stereocenters. The maximum Gasteiger partial charge on any atom is 0.305 e. The lowest BCUT2D eigenvalue weighted by Crippen LogP contribution is -2.14. The van der Waals surface area contributed by atoms with Crippen LogP contribution in [0.15, 0.2) is 11.5 Å². The number of carboxylic acid groups (broad SMARTS) is 1. The summed E-state index contributed by atoms with van der Waals surface area (Å²) in [7, 11) is 0. The Bertz CT molecular complexity index is 307. The van der Waals surface area contributed by atoms with Gasteiger partial charge in [-0.05, 0) is 0 Å². The monoisotopic (exact) mass is 246 g/mol. The number of aliphatic hydroxyl groups excluding tert-OH is 3. The number of carbonyl (C=O) groups is 2. The number of carboxylic acids is 1. The van der Waals surface area contributed by atoms with E-state index in [1.165, 1.54) is 0 Å². The summed E-state index contributed by atoms with van der Waals surface area (Å²) in [6.07, 6.45) is -1.63. The first kappa shape index (κ1) is 15.4. The summed E-state index contributed by atoms with van der Waals surface area (Å²) < 4.78 is 0. The smallest absolute Gasteiger partial charge is 0.305 e. The van der Waals surface area contributed by atoms with Crippen LogP contribution < -0.4 is 0 Å². The van der Waals surface area contributed by atoms with Crippen LogP contribution in [-0.4, -0.2) is 38.3 Å². The zero-order valence-corrected chi connectivity index (χ0v) is 9.72. The van der Waals surface area contributed by atoms with Gasteiger partial charge in [0, 0.05) is 25.7 Å². The maximum absolute atomic E-state index is 11.0. The Labute approximate surface area is 99.2 Å². The van der Waals surface area contributed by atoms with Gasteiger partial charge >= 0.3 is 5.97 Å². The van der Waals surface area contributed by atoms with Gasteiger partial charge in [0.15, 0.2) is 0 Å². The van der Waals surface area contributed by atoms with Crippen LogP contribution in [0.4, 0.5) is 0 Å². The van der Waals surface area contributed by atoms with Gasteiger partial charge in [-0.15, -0.1) is 0 Å². The minimum absolute atomic E-state index is 0.00169. The van der Waals surface area contributed by atoms with E-state index in [1.807, 2.05) is 0 Å². The Balaban J connectivity index is 4.19. The Morgan fingerprint density at radius 2 is 1.59 bits per heavy atom. The molecule has 0 aliphatic rings. The molecule has 0 aromatic carbocycles. The predicted molar refractivity (Wildman–Crippen MR) is 59.7 cm³/mol. The van der Waals surface area contributed by atoms with E-state index < -0.39 is 24.3 Å². The molecule has 0 rings (SSSR count). The van der Waals surface area contributed by atoms with Crippen molar-refractivity contribution in [3.05, 3.63) is 11.5 Å². The Kier molecular flexibility index (Phi) is 6.97. The molecule has 0 aliphatic heterocycles. The topological polar surface area (TPSA) is 115 Å². The molecule has 1 atom stereocenters. The molecule has 0 aromatic rings. The molecular weight excluding hydrogens is 228 g/mol. The van der Waals surface area contributed by atoms with Crippen molar-refractivity contribution in [3.63, 3.8) is 0 Å². The molecule has 0 aromatic heterocycles. The Hall–Kier alpha value is -1.56. The fourth-order valence-electron chi connectivity index (χ4n) is 1.19. The lowest BCUT2D eigenvalue weighted by atomic mass is 10.1. The molecule has 0 spiro atoms. The average molecular weight is 246 g/mol. The number of Topliss-reactive ketones (excluding diaryl/α,β-unsaturated/α-hetero) is 1. The second-order valence-corrected chi connectivity index (χ2v) is 3.74. The molecule has 4 N–H and O–H groups in total. The van der Waals surface area contributed by atoms with E-state index in [9.17, 15) is 24.9 Å². The van der Waals surface area contributed by atoms with Gasteiger partial charge in [0.1, 0.15) is 17.3 Å². The molecule has 98 valence electrons. The number of hydrogen-bond donors (Lipinski definition) is 4. The van der Waals surface area contributed by atoms with Crippen LogP contribution in [0.5, 0.6) is 0 Å². The predicted octanol–water partition coefficient (Wildman–Crippen LogP) is 1.30. The second-order valence-electron chi connectivity index (χ2n) is 3.74. The third-order valence-corrected chi connectivity index (χ3v) is 2.21. The maximum atomic E-state index is 11.0. The fraction of sp³-hybridized carbons (Fsp3) is 0.636. The first-order chi connectivity index (χ1) is 7.86. The first-order valence-electron chi connectivity index (χ1n) is 5.38. The number of rotatable bonds is 8. The number of hydrogen-bond acceptors (Lipinski definition) is 5. The standard InChI is InChI=1S/C11H18O6/c1-2-7(12)3-4-9(14)10(15)5-8(13)6-11(16)17/h8,13-15H,2-6H2,1H3,(H,16,17)/b10-9-/t8-/m0/s1. The van der Waals surface area contributed by atoms with Crippen LogP contribution in [0.3, 0.4) is 0 Å². The molecule has 0 bridgehead atoms. The normalized spacial score (nSPS) is 14.0. The minimum Gasteiger partial charge on any atom is -0.509 e. The van der Waals surface area contributed by atoms with Gasteiger partial charge in [-0.3, -0.25) is 9.59 Å². The summed E-state index contributed by atoms with van der Waals surface area (Å²) in [4.78, 5) is 21.2. The average Bonchev–Trinajstić information content (AvgIpc) is 2.23. The first-order valence-corrected chi connectivity index (χ1v) is 5.38. The number of aliphatic hydroxyl groups is 3. The van der Waals surface area contributed by atoms with Crippen LogP contribution >= 0.6 is 0 Å². The van der Waals surface area contributed by atoms with Crippen LogP contribution in [0.2, 0.25) is 0 Å². The Morgan fingerprint density at radius 3 is 2.06 bits per heavy atom. The summed E-state index contributed by atoms with van der Waals surface area (Å²) in [6, 6.07) is 0. The zero-order valence-electron chi connectivity index (χ0n) is 9.72. The van der Waals surface area contributed by atoms with Crippen LogP contribution in [0.25, 0.3) is 0 Å². The highest BCUT2D eigenvalue weighted by Crippen LogP contribution is 2.13. The molecule has 17 heavy (non-hydrogen) atoms. The van der Waals surface area contributed by atoms with Crippen LogP contribution in [0.1, 0.15) is 39.0 Å². The second kappa shape index (κ2) is 7.67. The van der Waals surface area contributed by atoms with E-state index in [1.54, 1.807) is 6.92 Å². The summed E-state index contributed by atoms with van der Waals surface area (Å²) in [6.45, 7) is 1.69. The lowest BCUT2D eigenvalue weighted by Gasteiger charge is -2.09. The molecule has 6 nitrogen and oxygen atoms in total. The van der Waals surface area contributed by atoms with Gasteiger partial charge in [0.25, 0.3) is 0 Å². The van der Waals surface area contributed by atoms with E-state index in [-0.39, 0.29) is 30.8 Å². The molecule has 6 heteroatoms. The third-order valence-electron chi connectivity index (χ3n) is 2.21. The van der Waals surface area contributed by atoms with Crippen molar-refractivity contribution < 1.29 is 30.0 Å². The summed E-state index contributed by atoms with van der Waals surface area (Å²) in [5.74, 6) is -2.08. The minimum atomic E-state index is -1.25. The van der Waals surface area contributed by atoms with E-state index in [4.69, 9.17) is 5.11 Å². The molecule has 0 heterocycles. The summed E-state index contributed by atoms with van der Waals surface area (Å²) in [5, 5.41) is 36.3. The number of ketones is 1.